The predicted octanol–water partition coefficient (Wildman–Crippen LogP) is 5.00. The first-order valence-corrected chi connectivity index (χ1v) is 11.0. The van der Waals surface area contributed by atoms with Gasteiger partial charge in [0, 0.05) is 43.4 Å². The number of aliphatic hydroxyl groups excluding tert-OH is 1. The lowest BCUT2D eigenvalue weighted by molar-refractivity contribution is 0.104. The number of nitriles is 1. The first-order valence-electron chi connectivity index (χ1n) is 10.6. The highest BCUT2D eigenvalue weighted by Gasteiger charge is 2.26. The van der Waals surface area contributed by atoms with Gasteiger partial charge in [-0.3, -0.25) is 4.90 Å². The Balaban J connectivity index is 1.35. The topological polar surface area (TPSA) is 50.5 Å². The van der Waals surface area contributed by atoms with Crippen LogP contribution in [0, 0.1) is 17.2 Å². The van der Waals surface area contributed by atoms with E-state index in [1.807, 2.05) is 60.7 Å². The van der Waals surface area contributed by atoms with Crippen molar-refractivity contribution in [3.63, 3.8) is 0 Å². The third kappa shape index (κ3) is 5.26. The van der Waals surface area contributed by atoms with Gasteiger partial charge < -0.3 is 10.0 Å². The molecule has 1 aliphatic rings. The van der Waals surface area contributed by atoms with E-state index in [9.17, 15) is 10.4 Å². The summed E-state index contributed by atoms with van der Waals surface area (Å²) in [5.74, 6) is -0.472. The highest BCUT2D eigenvalue weighted by atomic mass is 35.5. The van der Waals surface area contributed by atoms with Crippen LogP contribution in [0.1, 0.15) is 11.7 Å². The van der Waals surface area contributed by atoms with Crippen LogP contribution in [0.25, 0.3) is 11.1 Å². The van der Waals surface area contributed by atoms with Crippen molar-refractivity contribution < 1.29 is 5.11 Å². The Kier molecular flexibility index (Phi) is 6.89. The van der Waals surface area contributed by atoms with Gasteiger partial charge in [-0.1, -0.05) is 72.3 Å². The van der Waals surface area contributed by atoms with Crippen molar-refractivity contribution in [2.24, 2.45) is 5.92 Å². The average Bonchev–Trinajstić information content (AvgIpc) is 2.83. The molecule has 0 spiro atoms. The van der Waals surface area contributed by atoms with Crippen molar-refractivity contribution in [3.05, 3.63) is 89.4 Å². The summed E-state index contributed by atoms with van der Waals surface area (Å²) < 4.78 is 0. The Morgan fingerprint density at radius 2 is 1.55 bits per heavy atom. The second-order valence-corrected chi connectivity index (χ2v) is 8.37. The summed E-state index contributed by atoms with van der Waals surface area (Å²) in [7, 11) is 0. The van der Waals surface area contributed by atoms with Crippen LogP contribution in [0.2, 0.25) is 5.02 Å². The Bertz CT molecular complexity index is 1020. The molecule has 1 aliphatic heterocycles. The van der Waals surface area contributed by atoms with Gasteiger partial charge in [-0.2, -0.15) is 5.26 Å². The fourth-order valence-electron chi connectivity index (χ4n) is 4.09. The van der Waals surface area contributed by atoms with E-state index in [0.29, 0.717) is 6.54 Å². The third-order valence-electron chi connectivity index (χ3n) is 5.91. The van der Waals surface area contributed by atoms with Crippen molar-refractivity contribution >= 4 is 17.3 Å². The van der Waals surface area contributed by atoms with Crippen molar-refractivity contribution in [1.82, 2.24) is 4.90 Å². The summed E-state index contributed by atoms with van der Waals surface area (Å²) >= 11 is 6.12. The number of nitrogens with zero attached hydrogens (tertiary/aromatic N) is 3. The van der Waals surface area contributed by atoms with Crippen molar-refractivity contribution in [2.75, 3.05) is 37.6 Å². The minimum absolute atomic E-state index is 0.472. The predicted molar refractivity (Wildman–Crippen MR) is 126 cm³/mol. The first-order chi connectivity index (χ1) is 15.1. The molecular weight excluding hydrogens is 406 g/mol. The second-order valence-electron chi connectivity index (χ2n) is 7.94. The summed E-state index contributed by atoms with van der Waals surface area (Å²) in [5, 5.41) is 21.3. The number of rotatable bonds is 6. The fourth-order valence-corrected chi connectivity index (χ4v) is 4.27. The van der Waals surface area contributed by atoms with Crippen LogP contribution in [-0.4, -0.2) is 42.7 Å². The number of hydrogen-bond donors (Lipinski definition) is 1. The van der Waals surface area contributed by atoms with E-state index in [-0.39, 0.29) is 0 Å². The third-order valence-corrected chi connectivity index (χ3v) is 6.14. The van der Waals surface area contributed by atoms with Crippen LogP contribution in [-0.2, 0) is 0 Å². The first kappa shape index (κ1) is 21.4. The Morgan fingerprint density at radius 1 is 0.871 bits per heavy atom. The summed E-state index contributed by atoms with van der Waals surface area (Å²) in [6.45, 7) is 4.01. The lowest BCUT2D eigenvalue weighted by Gasteiger charge is -2.37. The van der Waals surface area contributed by atoms with Crippen molar-refractivity contribution in [3.8, 4) is 17.2 Å². The molecule has 0 aromatic heterocycles. The lowest BCUT2D eigenvalue weighted by atomic mass is 9.94. The zero-order valence-electron chi connectivity index (χ0n) is 17.4. The fraction of sp³-hybridized carbons (Fsp3) is 0.269. The van der Waals surface area contributed by atoms with E-state index in [4.69, 9.17) is 11.6 Å². The monoisotopic (exact) mass is 431 g/mol. The number of piperazine rings is 1. The number of benzene rings is 3. The normalized spacial score (nSPS) is 16.5. The molecule has 0 amide bonds. The average molecular weight is 432 g/mol. The van der Waals surface area contributed by atoms with Crippen molar-refractivity contribution in [1.29, 1.82) is 5.26 Å². The largest absolute Gasteiger partial charge is 0.387 e. The molecule has 1 N–H and O–H groups in total. The summed E-state index contributed by atoms with van der Waals surface area (Å²) in [4.78, 5) is 4.57. The molecule has 1 heterocycles. The summed E-state index contributed by atoms with van der Waals surface area (Å²) in [6.07, 6.45) is -0.805. The molecule has 2 atom stereocenters. The molecule has 158 valence electrons. The van der Waals surface area contributed by atoms with Crippen LogP contribution >= 0.6 is 11.6 Å². The number of anilines is 1. The van der Waals surface area contributed by atoms with Crippen LogP contribution in [0.5, 0.6) is 0 Å². The van der Waals surface area contributed by atoms with E-state index in [1.165, 1.54) is 0 Å². The smallest absolute Gasteiger partial charge is 0.0960 e. The maximum absolute atomic E-state index is 10.9. The van der Waals surface area contributed by atoms with Crippen LogP contribution < -0.4 is 4.90 Å². The molecule has 5 heteroatoms. The van der Waals surface area contributed by atoms with E-state index < -0.39 is 12.0 Å². The van der Waals surface area contributed by atoms with Crippen LogP contribution in [0.15, 0.2) is 78.9 Å². The molecule has 4 rings (SSSR count). The molecule has 0 radical (unpaired) electrons. The molecule has 3 aromatic carbocycles. The van der Waals surface area contributed by atoms with E-state index in [1.54, 1.807) is 0 Å². The van der Waals surface area contributed by atoms with Gasteiger partial charge in [0.2, 0.25) is 0 Å². The highest BCUT2D eigenvalue weighted by Crippen LogP contribution is 2.27. The van der Waals surface area contributed by atoms with Gasteiger partial charge in [0.05, 0.1) is 18.1 Å². The molecule has 1 fully saturated rings. The van der Waals surface area contributed by atoms with Gasteiger partial charge >= 0.3 is 0 Å². The molecule has 0 aliphatic carbocycles. The summed E-state index contributed by atoms with van der Waals surface area (Å²) in [6, 6.07) is 28.2. The van der Waals surface area contributed by atoms with Crippen molar-refractivity contribution in [2.45, 2.75) is 6.10 Å². The van der Waals surface area contributed by atoms with E-state index in [2.05, 4.69) is 34.1 Å². The lowest BCUT2D eigenvalue weighted by Crippen LogP contribution is -2.48. The number of aliphatic hydroxyl groups is 1. The molecule has 3 aromatic rings. The summed E-state index contributed by atoms with van der Waals surface area (Å²) in [5.41, 5.74) is 4.14. The van der Waals surface area contributed by atoms with Gasteiger partial charge in [0.15, 0.2) is 0 Å². The maximum Gasteiger partial charge on any atom is 0.0960 e. The Morgan fingerprint density at radius 3 is 2.19 bits per heavy atom. The number of hydrogen-bond acceptors (Lipinski definition) is 4. The molecule has 31 heavy (non-hydrogen) atoms. The molecular formula is C26H26ClN3O. The standard InChI is InChI=1S/C26H26ClN3O/c27-24-7-4-8-25(17-24)30-15-13-29(14-16-30)19-23(18-28)26(31)22-11-9-21(10-12-22)20-5-2-1-3-6-20/h1-12,17,23,26,31H,13-16,19H2/t23-,26+/m0/s1. The molecule has 1 saturated heterocycles. The van der Waals surface area contributed by atoms with Crippen LogP contribution in [0.4, 0.5) is 5.69 Å². The molecule has 0 bridgehead atoms. The van der Waals surface area contributed by atoms with E-state index >= 15 is 0 Å². The molecule has 4 nitrogen and oxygen atoms in total. The second kappa shape index (κ2) is 9.98. The number of halogens is 1. The van der Waals surface area contributed by atoms with Gasteiger partial charge in [-0.15, -0.1) is 0 Å². The van der Waals surface area contributed by atoms with E-state index in [0.717, 1.165) is 53.6 Å². The maximum atomic E-state index is 10.9. The Hall–Kier alpha value is -2.84. The minimum atomic E-state index is -0.805. The quantitative estimate of drug-likeness (QED) is 0.596. The zero-order chi connectivity index (χ0) is 21.6. The van der Waals surface area contributed by atoms with Gasteiger partial charge in [0.25, 0.3) is 0 Å². The molecule has 0 saturated carbocycles. The Labute approximate surface area is 188 Å². The zero-order valence-corrected chi connectivity index (χ0v) is 18.1. The minimum Gasteiger partial charge on any atom is -0.387 e. The van der Waals surface area contributed by atoms with Gasteiger partial charge in [-0.05, 0) is 34.9 Å². The van der Waals surface area contributed by atoms with Gasteiger partial charge in [-0.25, -0.2) is 0 Å². The highest BCUT2D eigenvalue weighted by molar-refractivity contribution is 6.30. The van der Waals surface area contributed by atoms with Gasteiger partial charge in [0.1, 0.15) is 0 Å². The van der Waals surface area contributed by atoms with Crippen LogP contribution in [0.3, 0.4) is 0 Å². The SMILES string of the molecule is N#C[C@@H](CN1CCN(c2cccc(Cl)c2)CC1)[C@H](O)c1ccc(-c2ccccc2)cc1. The molecule has 0 unspecified atom stereocenters.